The highest BCUT2D eigenvalue weighted by atomic mass is 16.6. The molecule has 4 heterocycles. The molecule has 3 aromatic heterocycles. The van der Waals surface area contributed by atoms with Crippen LogP contribution in [-0.4, -0.2) is 78.9 Å². The van der Waals surface area contributed by atoms with Gasteiger partial charge in [-0.15, -0.1) is 0 Å². The van der Waals surface area contributed by atoms with Gasteiger partial charge >= 0.3 is 5.69 Å². The van der Waals surface area contributed by atoms with E-state index in [1.165, 1.54) is 4.57 Å². The van der Waals surface area contributed by atoms with E-state index >= 15 is 0 Å². The van der Waals surface area contributed by atoms with Gasteiger partial charge in [0, 0.05) is 49.9 Å². The van der Waals surface area contributed by atoms with Crippen LogP contribution >= 0.6 is 0 Å². The van der Waals surface area contributed by atoms with Gasteiger partial charge in [-0.1, -0.05) is 0 Å². The van der Waals surface area contributed by atoms with Gasteiger partial charge in [-0.05, 0) is 57.1 Å². The Bertz CT molecular complexity index is 1590. The van der Waals surface area contributed by atoms with Crippen molar-refractivity contribution >= 4 is 5.78 Å². The molecule has 0 radical (unpaired) electrons. The number of Topliss-reactive ketones (excluding diaryl/α,β-unsaturated/α-hetero) is 1. The van der Waals surface area contributed by atoms with Gasteiger partial charge in [0.05, 0.1) is 56.0 Å². The molecule has 0 aliphatic carbocycles. The molecule has 1 fully saturated rings. The van der Waals surface area contributed by atoms with Crippen LogP contribution in [0.25, 0.3) is 11.1 Å². The number of aliphatic hydroxyl groups excluding tert-OH is 1. The van der Waals surface area contributed by atoms with E-state index in [9.17, 15) is 14.7 Å². The van der Waals surface area contributed by atoms with Gasteiger partial charge in [0.1, 0.15) is 26.4 Å². The molecule has 1 aliphatic heterocycles. The fourth-order valence-electron chi connectivity index (χ4n) is 5.85. The molecule has 3 N–H and O–H groups in total. The van der Waals surface area contributed by atoms with Crippen LogP contribution in [0, 0.1) is 13.8 Å². The second kappa shape index (κ2) is 19.7. The molecule has 13 nitrogen and oxygen atoms in total. The Hall–Kier alpha value is -3.43. The summed E-state index contributed by atoms with van der Waals surface area (Å²) in [5, 5.41) is 10.2. The maximum atomic E-state index is 13.1. The summed E-state index contributed by atoms with van der Waals surface area (Å²) in [6, 6.07) is 3.98. The maximum Gasteiger partial charge on any atom is 0.349 e. The van der Waals surface area contributed by atoms with Crippen LogP contribution in [0.5, 0.6) is 0 Å². The summed E-state index contributed by atoms with van der Waals surface area (Å²) in [6.45, 7) is 7.10. The Morgan fingerprint density at radius 1 is 0.980 bits per heavy atom. The van der Waals surface area contributed by atoms with E-state index in [4.69, 9.17) is 25.2 Å². The maximum absolute atomic E-state index is 13.1. The summed E-state index contributed by atoms with van der Waals surface area (Å²) < 4.78 is 35.0. The molecule has 1 aliphatic rings. The number of rotatable bonds is 22. The third kappa shape index (κ3) is 11.6. The minimum absolute atomic E-state index is 0.0000321. The third-order valence-electron chi connectivity index (χ3n) is 8.65. The molecular formula is C36H53N5O8+2. The van der Waals surface area contributed by atoms with Gasteiger partial charge in [-0.2, -0.15) is 4.98 Å². The average molecular weight is 685 g/mol. The third-order valence-corrected chi connectivity index (χ3v) is 8.65. The Morgan fingerprint density at radius 2 is 1.63 bits per heavy atom. The number of aromatic nitrogens is 4. The van der Waals surface area contributed by atoms with Crippen molar-refractivity contribution in [2.75, 3.05) is 46.2 Å². The molecule has 0 amide bonds. The smallest absolute Gasteiger partial charge is 0.349 e. The number of pyridine rings is 2. The molecule has 49 heavy (non-hydrogen) atoms. The Labute approximate surface area is 290 Å². The van der Waals surface area contributed by atoms with Crippen molar-refractivity contribution in [2.45, 2.75) is 77.2 Å². The van der Waals surface area contributed by atoms with E-state index in [0.717, 1.165) is 59.2 Å². The predicted octanol–water partition coefficient (Wildman–Crippen LogP) is 2.14. The number of ketones is 1. The number of nitrogens with two attached hydrogens (primary N) is 1. The fourth-order valence-corrected chi connectivity index (χ4v) is 5.85. The zero-order chi connectivity index (χ0) is 35.9. The minimum Gasteiger partial charge on any atom is -0.390 e. The second-order valence-electron chi connectivity index (χ2n) is 12.6. The van der Waals surface area contributed by atoms with Crippen LogP contribution < -0.4 is 20.7 Å². The molecule has 0 saturated carbocycles. The molecule has 3 unspecified atom stereocenters. The van der Waals surface area contributed by atoms with Gasteiger partial charge in [-0.3, -0.25) is 9.36 Å². The Kier molecular flexibility index (Phi) is 14.8. The van der Waals surface area contributed by atoms with Crippen molar-refractivity contribution in [3.8, 4) is 11.1 Å². The topological polar surface area (TPSA) is 152 Å². The number of carbonyl (C=O) groups excluding carboxylic acids is 1. The Balaban J connectivity index is 1.01. The number of ether oxygens (including phenoxy) is 4. The first-order chi connectivity index (χ1) is 24.2. The van der Waals surface area contributed by atoms with Gasteiger partial charge in [0.15, 0.2) is 32.0 Å². The minimum atomic E-state index is -0.799. The van der Waals surface area contributed by atoms with Gasteiger partial charge in [0.25, 0.3) is 0 Å². The summed E-state index contributed by atoms with van der Waals surface area (Å²) in [6.07, 6.45) is 12.3. The number of hydrogen-bond donors (Lipinski definition) is 2. The first kappa shape index (κ1) is 36.8. The second-order valence-corrected chi connectivity index (χ2v) is 12.6. The van der Waals surface area contributed by atoms with Crippen LogP contribution in [0.1, 0.15) is 71.9 Å². The van der Waals surface area contributed by atoms with E-state index in [-0.39, 0.29) is 18.8 Å². The normalized spacial score (nSPS) is 17.8. The number of aryl methyl sites for hydroxylation is 5. The molecule has 3 atom stereocenters. The van der Waals surface area contributed by atoms with Gasteiger partial charge < -0.3 is 28.9 Å². The highest BCUT2D eigenvalue weighted by Gasteiger charge is 2.35. The summed E-state index contributed by atoms with van der Waals surface area (Å²) in [5.74, 6) is 1.96. The molecule has 268 valence electrons. The first-order valence-electron chi connectivity index (χ1n) is 17.6. The van der Waals surface area contributed by atoms with Crippen molar-refractivity contribution in [1.29, 1.82) is 0 Å². The molecule has 0 aromatic carbocycles. The quantitative estimate of drug-likeness (QED) is 0.0697. The molecule has 4 rings (SSSR count). The Morgan fingerprint density at radius 3 is 2.35 bits per heavy atom. The average Bonchev–Trinajstić information content (AvgIpc) is 3.47. The zero-order valence-corrected chi connectivity index (χ0v) is 29.3. The van der Waals surface area contributed by atoms with E-state index in [2.05, 4.69) is 24.2 Å². The molecule has 0 spiro atoms. The number of hydrogen-bond acceptors (Lipinski definition) is 10. The highest BCUT2D eigenvalue weighted by Crippen LogP contribution is 2.28. The number of aliphatic hydroxyl groups is 1. The van der Waals surface area contributed by atoms with Crippen LogP contribution in [0.2, 0.25) is 1.41 Å². The van der Waals surface area contributed by atoms with E-state index < -0.39 is 24.1 Å². The molecule has 13 heteroatoms. The van der Waals surface area contributed by atoms with E-state index in [1.54, 1.807) is 6.20 Å². The van der Waals surface area contributed by atoms with Crippen LogP contribution in [0.15, 0.2) is 47.9 Å². The summed E-state index contributed by atoms with van der Waals surface area (Å²) in [4.78, 5) is 34.8. The van der Waals surface area contributed by atoms with Gasteiger partial charge in [0.2, 0.25) is 0 Å². The SMILES string of the molecule is [2H]NOCC1OC(n2cc(C)c(CCCCOCCOCCOCCCCC(=O)c3cc[n+](C)cc3-c3c[n+](C)ccc3C)nc2=O)CC1O. The standard InChI is InChI=1S/C36H53N5O8/c1-26-11-13-39(3)23-29(26)30-24-40(4)14-12-28(30)32(42)10-6-8-16-46-18-20-47-19-17-45-15-7-5-9-31-27(2)22-41(36(44)38-31)35-21-33(43)34(49-35)25-48-37/h11-14,22-24,33-35,43H,5-10,15-21,25,37H2,1-4H3/q+2/i37D. The number of unbranched alkanes of at least 4 members (excludes halogenated alkanes) is 2. The van der Waals surface area contributed by atoms with Crippen molar-refractivity contribution in [1.82, 2.24) is 9.55 Å². The largest absolute Gasteiger partial charge is 0.390 e. The van der Waals surface area contributed by atoms with Crippen molar-refractivity contribution in [2.24, 2.45) is 20.0 Å². The molecule has 1 saturated heterocycles. The number of carbonyl (C=O) groups is 1. The molecule has 0 bridgehead atoms. The molecule has 3 aromatic rings. The van der Waals surface area contributed by atoms with Crippen molar-refractivity contribution < 1.29 is 44.2 Å². The fraction of sp³-hybridized carbons (Fsp3) is 0.583. The summed E-state index contributed by atoms with van der Waals surface area (Å²) >= 11 is 0. The van der Waals surface area contributed by atoms with Crippen LogP contribution in [0.4, 0.5) is 0 Å². The van der Waals surface area contributed by atoms with Crippen LogP contribution in [-0.2, 0) is 44.3 Å². The lowest BCUT2D eigenvalue weighted by Gasteiger charge is -2.16. The summed E-state index contributed by atoms with van der Waals surface area (Å²) in [7, 11) is 3.95. The number of nitrogens with zero attached hydrogens (tertiary/aromatic N) is 4. The lowest BCUT2D eigenvalue weighted by molar-refractivity contribution is -0.672. The van der Waals surface area contributed by atoms with Crippen molar-refractivity contribution in [3.05, 3.63) is 76.0 Å². The van der Waals surface area contributed by atoms with Crippen molar-refractivity contribution in [3.63, 3.8) is 0 Å². The predicted molar refractivity (Wildman–Crippen MR) is 180 cm³/mol. The highest BCUT2D eigenvalue weighted by molar-refractivity contribution is 6.02. The van der Waals surface area contributed by atoms with E-state index in [1.807, 2.05) is 60.7 Å². The van der Waals surface area contributed by atoms with Gasteiger partial charge in [-0.25, -0.2) is 19.8 Å². The zero-order valence-electron chi connectivity index (χ0n) is 30.3. The van der Waals surface area contributed by atoms with Crippen LogP contribution in [0.3, 0.4) is 0 Å². The summed E-state index contributed by atoms with van der Waals surface area (Å²) in [5.41, 5.74) is 5.10. The molecular weight excluding hydrogens is 630 g/mol. The lowest BCUT2D eigenvalue weighted by atomic mass is 9.95. The van der Waals surface area contributed by atoms with E-state index in [0.29, 0.717) is 52.5 Å². The monoisotopic (exact) mass is 684 g/mol. The lowest BCUT2D eigenvalue weighted by Crippen LogP contribution is -2.30. The first-order valence-corrected chi connectivity index (χ1v) is 17.1.